The molecule has 0 amide bonds. The molecule has 0 saturated carbocycles. The second-order valence-electron chi connectivity index (χ2n) is 5.35. The summed E-state index contributed by atoms with van der Waals surface area (Å²) in [6.45, 7) is 0. The van der Waals surface area contributed by atoms with Crippen molar-refractivity contribution in [3.05, 3.63) is 69.9 Å². The fraction of sp³-hybridized carbons (Fsp3) is 0.0526. The number of para-hydroxylation sites is 2. The summed E-state index contributed by atoms with van der Waals surface area (Å²) in [4.78, 5) is 8.55. The Hall–Kier alpha value is -2.18. The minimum absolute atomic E-state index is 0.722. The van der Waals surface area contributed by atoms with Gasteiger partial charge in [0.2, 0.25) is 0 Å². The van der Waals surface area contributed by atoms with Gasteiger partial charge in [0.05, 0.1) is 22.4 Å². The van der Waals surface area contributed by atoms with Crippen LogP contribution < -0.4 is 11.1 Å². The fourth-order valence-corrected chi connectivity index (χ4v) is 3.19. The predicted octanol–water partition coefficient (Wildman–Crippen LogP) is 5.62. The first-order valence-electron chi connectivity index (χ1n) is 7.60. The van der Waals surface area contributed by atoms with Gasteiger partial charge in [-0.15, -0.1) is 0 Å². The molecule has 0 aliphatic rings. The third-order valence-corrected chi connectivity index (χ3v) is 4.52. The predicted molar refractivity (Wildman–Crippen MR) is 113 cm³/mol. The van der Waals surface area contributed by atoms with E-state index in [2.05, 4.69) is 53.2 Å². The first-order chi connectivity index (χ1) is 12.1. The van der Waals surface area contributed by atoms with Crippen LogP contribution in [0, 0.1) is 0 Å². The molecule has 0 spiro atoms. The monoisotopic (exact) mass is 458 g/mol. The fourth-order valence-electron chi connectivity index (χ4n) is 2.49. The van der Waals surface area contributed by atoms with Gasteiger partial charge >= 0.3 is 0 Å². The molecule has 126 valence electrons. The highest BCUT2D eigenvalue weighted by atomic mass is 79.9. The Bertz CT molecular complexity index is 1030. The number of halogens is 2. The Morgan fingerprint density at radius 3 is 2.04 bits per heavy atom. The second kappa shape index (κ2) is 7.80. The average molecular weight is 460 g/mol. The first-order valence-corrected chi connectivity index (χ1v) is 9.19. The van der Waals surface area contributed by atoms with Crippen LogP contribution in [-0.2, 0) is 0 Å². The Morgan fingerprint density at radius 1 is 0.840 bits per heavy atom. The number of nitrogen functional groups attached to an aromatic ring is 1. The van der Waals surface area contributed by atoms with Crippen molar-refractivity contribution in [2.24, 2.45) is 0 Å². The Balaban J connectivity index is 0.000000146. The molecule has 4 rings (SSSR count). The highest BCUT2D eigenvalue weighted by Gasteiger charge is 2.00. The molecular formula is C19H16Br2N4. The lowest BCUT2D eigenvalue weighted by molar-refractivity contribution is 1.38. The SMILES string of the molecule is CNc1cccc2cc(Br)cnc12.Nc1cccc2cc(Br)cnc12. The molecule has 4 nitrogen and oxygen atoms in total. The molecule has 0 atom stereocenters. The smallest absolute Gasteiger partial charge is 0.0933 e. The van der Waals surface area contributed by atoms with Crippen LogP contribution in [0.25, 0.3) is 21.8 Å². The van der Waals surface area contributed by atoms with Gasteiger partial charge in [-0.1, -0.05) is 24.3 Å². The Morgan fingerprint density at radius 2 is 1.40 bits per heavy atom. The van der Waals surface area contributed by atoms with Gasteiger partial charge in [0, 0.05) is 39.2 Å². The summed E-state index contributed by atoms with van der Waals surface area (Å²) in [7, 11) is 1.90. The van der Waals surface area contributed by atoms with Crippen molar-refractivity contribution in [1.82, 2.24) is 9.97 Å². The minimum atomic E-state index is 0.722. The zero-order valence-corrected chi connectivity index (χ0v) is 16.7. The Kier molecular flexibility index (Phi) is 5.50. The van der Waals surface area contributed by atoms with Crippen molar-refractivity contribution in [3.8, 4) is 0 Å². The molecule has 4 aromatic rings. The van der Waals surface area contributed by atoms with E-state index in [0.29, 0.717) is 0 Å². The number of nitrogens with two attached hydrogens (primary N) is 1. The second-order valence-corrected chi connectivity index (χ2v) is 7.18. The van der Waals surface area contributed by atoms with Gasteiger partial charge in [0.25, 0.3) is 0 Å². The molecule has 2 aromatic carbocycles. The van der Waals surface area contributed by atoms with Gasteiger partial charge in [-0.2, -0.15) is 0 Å². The van der Waals surface area contributed by atoms with E-state index in [0.717, 1.165) is 42.1 Å². The number of anilines is 2. The molecule has 25 heavy (non-hydrogen) atoms. The summed E-state index contributed by atoms with van der Waals surface area (Å²) in [5, 5.41) is 5.31. The third kappa shape index (κ3) is 4.08. The van der Waals surface area contributed by atoms with Crippen molar-refractivity contribution in [3.63, 3.8) is 0 Å². The number of pyridine rings is 2. The van der Waals surface area contributed by atoms with Gasteiger partial charge in [-0.3, -0.25) is 9.97 Å². The minimum Gasteiger partial charge on any atom is -0.397 e. The van der Waals surface area contributed by atoms with Gasteiger partial charge in [0.15, 0.2) is 0 Å². The number of rotatable bonds is 1. The van der Waals surface area contributed by atoms with Crippen molar-refractivity contribution in [2.45, 2.75) is 0 Å². The summed E-state index contributed by atoms with van der Waals surface area (Å²) in [6, 6.07) is 15.9. The normalized spacial score (nSPS) is 10.4. The van der Waals surface area contributed by atoms with Crippen LogP contribution in [0.1, 0.15) is 0 Å². The maximum atomic E-state index is 5.73. The van der Waals surface area contributed by atoms with Gasteiger partial charge in [-0.05, 0) is 56.1 Å². The highest BCUT2D eigenvalue weighted by Crippen LogP contribution is 2.23. The van der Waals surface area contributed by atoms with E-state index in [1.54, 1.807) is 6.20 Å². The molecule has 0 aliphatic heterocycles. The summed E-state index contributed by atoms with van der Waals surface area (Å²) >= 11 is 6.75. The summed E-state index contributed by atoms with van der Waals surface area (Å²) in [5.41, 5.74) is 9.38. The number of hydrogen-bond donors (Lipinski definition) is 2. The molecule has 0 radical (unpaired) electrons. The van der Waals surface area contributed by atoms with E-state index in [1.807, 2.05) is 55.7 Å². The van der Waals surface area contributed by atoms with Crippen LogP contribution in [0.15, 0.2) is 69.9 Å². The number of benzene rings is 2. The summed E-state index contributed by atoms with van der Waals surface area (Å²) in [6.07, 6.45) is 3.56. The topological polar surface area (TPSA) is 63.8 Å². The van der Waals surface area contributed by atoms with Crippen LogP contribution in [0.4, 0.5) is 11.4 Å². The van der Waals surface area contributed by atoms with Crippen LogP contribution in [0.3, 0.4) is 0 Å². The highest BCUT2D eigenvalue weighted by molar-refractivity contribution is 9.10. The molecule has 0 aliphatic carbocycles. The van der Waals surface area contributed by atoms with Crippen LogP contribution in [0.5, 0.6) is 0 Å². The first kappa shape index (κ1) is 17.6. The van der Waals surface area contributed by atoms with E-state index in [-0.39, 0.29) is 0 Å². The zero-order chi connectivity index (χ0) is 17.8. The summed E-state index contributed by atoms with van der Waals surface area (Å²) in [5.74, 6) is 0. The molecule has 2 aromatic heterocycles. The molecule has 2 heterocycles. The van der Waals surface area contributed by atoms with Crippen molar-refractivity contribution in [1.29, 1.82) is 0 Å². The molecule has 3 N–H and O–H groups in total. The molecule has 0 unspecified atom stereocenters. The van der Waals surface area contributed by atoms with E-state index >= 15 is 0 Å². The van der Waals surface area contributed by atoms with E-state index in [1.165, 1.54) is 0 Å². The third-order valence-electron chi connectivity index (χ3n) is 3.66. The number of nitrogens with one attached hydrogen (secondary N) is 1. The number of aromatic nitrogens is 2. The quantitative estimate of drug-likeness (QED) is 0.362. The van der Waals surface area contributed by atoms with Gasteiger partial charge in [0.1, 0.15) is 0 Å². The maximum Gasteiger partial charge on any atom is 0.0933 e. The standard InChI is InChI=1S/C10H9BrN2.C9H7BrN2/c1-12-9-4-2-3-7-5-8(11)6-13-10(7)9;10-7-4-6-2-1-3-8(11)9(6)12-5-7/h2-6,12H,1H3;1-5H,11H2. The van der Waals surface area contributed by atoms with Crippen LogP contribution >= 0.6 is 31.9 Å². The lowest BCUT2D eigenvalue weighted by Gasteiger charge is -2.04. The number of nitrogens with zero attached hydrogens (tertiary/aromatic N) is 2. The van der Waals surface area contributed by atoms with E-state index < -0.39 is 0 Å². The lowest BCUT2D eigenvalue weighted by atomic mass is 10.2. The molecule has 0 bridgehead atoms. The number of hydrogen-bond acceptors (Lipinski definition) is 4. The van der Waals surface area contributed by atoms with Gasteiger partial charge < -0.3 is 11.1 Å². The molecule has 6 heteroatoms. The molecular weight excluding hydrogens is 444 g/mol. The largest absolute Gasteiger partial charge is 0.397 e. The van der Waals surface area contributed by atoms with Crippen molar-refractivity contribution < 1.29 is 0 Å². The maximum absolute atomic E-state index is 5.73. The number of fused-ring (bicyclic) bond motifs is 2. The molecule has 0 saturated heterocycles. The zero-order valence-electron chi connectivity index (χ0n) is 13.5. The van der Waals surface area contributed by atoms with Crippen molar-refractivity contribution in [2.75, 3.05) is 18.1 Å². The van der Waals surface area contributed by atoms with E-state index in [4.69, 9.17) is 5.73 Å². The Labute approximate surface area is 162 Å². The van der Waals surface area contributed by atoms with Crippen molar-refractivity contribution >= 4 is 65.0 Å². The van der Waals surface area contributed by atoms with Gasteiger partial charge in [-0.25, -0.2) is 0 Å². The van der Waals surface area contributed by atoms with Crippen LogP contribution in [-0.4, -0.2) is 17.0 Å². The van der Waals surface area contributed by atoms with Crippen LogP contribution in [0.2, 0.25) is 0 Å². The average Bonchev–Trinajstić information content (AvgIpc) is 2.61. The summed E-state index contributed by atoms with van der Waals surface area (Å²) < 4.78 is 1.98. The lowest BCUT2D eigenvalue weighted by Crippen LogP contribution is -1.90. The van der Waals surface area contributed by atoms with E-state index in [9.17, 15) is 0 Å². The molecule has 0 fully saturated rings.